The topological polar surface area (TPSA) is 93.2 Å². The van der Waals surface area contributed by atoms with E-state index in [1.54, 1.807) is 12.2 Å². The number of aromatic nitrogens is 2. The molecule has 0 bridgehead atoms. The second-order valence-corrected chi connectivity index (χ2v) is 4.34. The third-order valence-corrected chi connectivity index (χ3v) is 2.53. The van der Waals surface area contributed by atoms with Crippen molar-refractivity contribution in [2.24, 2.45) is 0 Å². The fourth-order valence-electron chi connectivity index (χ4n) is 1.49. The van der Waals surface area contributed by atoms with E-state index in [1.165, 1.54) is 17.9 Å². The maximum atomic E-state index is 12.0. The molecule has 0 aromatic carbocycles. The Bertz CT molecular complexity index is 526. The first-order valence-electron chi connectivity index (χ1n) is 6.06. The van der Waals surface area contributed by atoms with Crippen LogP contribution < -0.4 is 11.1 Å². The van der Waals surface area contributed by atoms with Crippen LogP contribution in [0.3, 0.4) is 0 Å². The van der Waals surface area contributed by atoms with Crippen molar-refractivity contribution in [1.82, 2.24) is 20.0 Å². The number of rotatable bonds is 5. The summed E-state index contributed by atoms with van der Waals surface area (Å²) in [5.74, 6) is -1.56. The number of hydrogen-bond donors (Lipinski definition) is 2. The van der Waals surface area contributed by atoms with E-state index >= 15 is 0 Å². The zero-order valence-electron chi connectivity index (χ0n) is 11.6. The quantitative estimate of drug-likeness (QED) is 0.814. The minimum atomic E-state index is -4.50. The van der Waals surface area contributed by atoms with Gasteiger partial charge in [0.05, 0.1) is 12.2 Å². The first kappa shape index (κ1) is 16.8. The molecule has 21 heavy (non-hydrogen) atoms. The summed E-state index contributed by atoms with van der Waals surface area (Å²) in [4.78, 5) is 24.3. The minimum Gasteiger partial charge on any atom is -0.396 e. The minimum absolute atomic E-state index is 0.0389. The van der Waals surface area contributed by atoms with Crippen LogP contribution in [0, 0.1) is 0 Å². The molecule has 1 heterocycles. The number of amides is 2. The van der Waals surface area contributed by atoms with Gasteiger partial charge in [0, 0.05) is 19.8 Å². The van der Waals surface area contributed by atoms with Crippen LogP contribution in [0.1, 0.15) is 17.4 Å². The number of aryl methyl sites for hydroxylation is 1. The molecule has 0 saturated carbocycles. The summed E-state index contributed by atoms with van der Waals surface area (Å²) < 4.78 is 37.3. The van der Waals surface area contributed by atoms with Crippen molar-refractivity contribution < 1.29 is 22.8 Å². The predicted molar refractivity (Wildman–Crippen MR) is 68.3 cm³/mol. The first-order chi connectivity index (χ1) is 9.64. The Morgan fingerprint density at radius 3 is 2.57 bits per heavy atom. The third-order valence-electron chi connectivity index (χ3n) is 2.53. The van der Waals surface area contributed by atoms with Gasteiger partial charge in [-0.05, 0) is 6.92 Å². The molecule has 2 amide bonds. The molecule has 0 fully saturated rings. The van der Waals surface area contributed by atoms with E-state index in [4.69, 9.17) is 5.73 Å². The van der Waals surface area contributed by atoms with Gasteiger partial charge in [0.1, 0.15) is 6.54 Å². The molecule has 1 aromatic heterocycles. The number of hydrogen-bond acceptors (Lipinski definition) is 4. The largest absolute Gasteiger partial charge is 0.405 e. The second kappa shape index (κ2) is 6.46. The highest BCUT2D eigenvalue weighted by Crippen LogP contribution is 2.13. The van der Waals surface area contributed by atoms with Crippen LogP contribution in [-0.4, -0.2) is 52.8 Å². The van der Waals surface area contributed by atoms with E-state index in [-0.39, 0.29) is 11.4 Å². The Kier molecular flexibility index (Phi) is 5.17. The van der Waals surface area contributed by atoms with Gasteiger partial charge < -0.3 is 16.0 Å². The summed E-state index contributed by atoms with van der Waals surface area (Å²) in [5.41, 5.74) is 5.73. The summed E-state index contributed by atoms with van der Waals surface area (Å²) in [6, 6.07) is 0. The summed E-state index contributed by atoms with van der Waals surface area (Å²) >= 11 is 0. The Hall–Kier alpha value is -2.26. The van der Waals surface area contributed by atoms with Crippen molar-refractivity contribution in [2.45, 2.75) is 19.6 Å². The molecular weight excluding hydrogens is 291 g/mol. The number of nitrogens with two attached hydrogens (primary N) is 1. The van der Waals surface area contributed by atoms with Gasteiger partial charge in [0.2, 0.25) is 5.91 Å². The van der Waals surface area contributed by atoms with Crippen molar-refractivity contribution in [3.63, 3.8) is 0 Å². The average molecular weight is 307 g/mol. The molecule has 3 N–H and O–H groups in total. The highest BCUT2D eigenvalue weighted by atomic mass is 19.4. The smallest absolute Gasteiger partial charge is 0.396 e. The zero-order chi connectivity index (χ0) is 16.2. The number of halogens is 3. The first-order valence-corrected chi connectivity index (χ1v) is 6.06. The molecule has 0 aliphatic heterocycles. The Morgan fingerprint density at radius 1 is 1.48 bits per heavy atom. The molecule has 0 aliphatic rings. The molecule has 10 heteroatoms. The Balaban J connectivity index is 2.62. The number of alkyl halides is 3. The lowest BCUT2D eigenvalue weighted by Crippen LogP contribution is -2.42. The molecule has 1 rings (SSSR count). The van der Waals surface area contributed by atoms with Crippen molar-refractivity contribution in [3.05, 3.63) is 11.9 Å². The van der Waals surface area contributed by atoms with Gasteiger partial charge in [-0.3, -0.25) is 14.3 Å². The maximum absolute atomic E-state index is 12.0. The lowest BCUT2D eigenvalue weighted by Gasteiger charge is -2.16. The monoisotopic (exact) mass is 307 g/mol. The number of anilines is 1. The highest BCUT2D eigenvalue weighted by Gasteiger charge is 2.28. The van der Waals surface area contributed by atoms with E-state index in [1.807, 2.05) is 0 Å². The number of carbonyl (C=O) groups is 2. The standard InChI is InChI=1S/C11H16F3N5O2/c1-3-19-4-7(15)9(17-19)10(21)18(2)5-8(20)16-6-11(12,13)14/h4H,3,5-6,15H2,1-2H3,(H,16,20). The highest BCUT2D eigenvalue weighted by molar-refractivity contribution is 5.98. The van der Waals surface area contributed by atoms with Crippen molar-refractivity contribution in [1.29, 1.82) is 0 Å². The second-order valence-electron chi connectivity index (χ2n) is 4.34. The molecule has 7 nitrogen and oxygen atoms in total. The van der Waals surface area contributed by atoms with Gasteiger partial charge in [0.25, 0.3) is 5.91 Å². The summed E-state index contributed by atoms with van der Waals surface area (Å²) in [5, 5.41) is 5.61. The lowest BCUT2D eigenvalue weighted by atomic mass is 10.3. The summed E-state index contributed by atoms with van der Waals surface area (Å²) in [6.07, 6.45) is -3.03. The maximum Gasteiger partial charge on any atom is 0.405 e. The Morgan fingerprint density at radius 2 is 2.10 bits per heavy atom. The average Bonchev–Trinajstić information content (AvgIpc) is 2.76. The van der Waals surface area contributed by atoms with Crippen LogP contribution >= 0.6 is 0 Å². The summed E-state index contributed by atoms with van der Waals surface area (Å²) in [7, 11) is 1.28. The van der Waals surface area contributed by atoms with Crippen molar-refractivity contribution in [3.8, 4) is 0 Å². The SMILES string of the molecule is CCn1cc(N)c(C(=O)N(C)CC(=O)NCC(F)(F)F)n1. The third kappa shape index (κ3) is 4.97. The lowest BCUT2D eigenvalue weighted by molar-refractivity contribution is -0.138. The number of nitrogen functional groups attached to an aromatic ring is 1. The number of nitrogens with one attached hydrogen (secondary N) is 1. The number of likely N-dealkylation sites (N-methyl/N-ethyl adjacent to an activating group) is 1. The van der Waals surface area contributed by atoms with E-state index in [2.05, 4.69) is 5.10 Å². The molecular formula is C11H16F3N5O2. The zero-order valence-corrected chi connectivity index (χ0v) is 11.6. The van der Waals surface area contributed by atoms with Gasteiger partial charge in [0.15, 0.2) is 5.69 Å². The van der Waals surface area contributed by atoms with Crippen LogP contribution in [0.5, 0.6) is 0 Å². The molecule has 0 aliphatic carbocycles. The Labute approximate surface area is 118 Å². The molecule has 0 saturated heterocycles. The van der Waals surface area contributed by atoms with Crippen LogP contribution in [-0.2, 0) is 11.3 Å². The van der Waals surface area contributed by atoms with Gasteiger partial charge in [-0.1, -0.05) is 0 Å². The van der Waals surface area contributed by atoms with E-state index in [9.17, 15) is 22.8 Å². The number of nitrogens with zero attached hydrogens (tertiary/aromatic N) is 3. The van der Waals surface area contributed by atoms with E-state index in [0.717, 1.165) is 4.90 Å². The van der Waals surface area contributed by atoms with Gasteiger partial charge in [-0.2, -0.15) is 18.3 Å². The van der Waals surface area contributed by atoms with Crippen LogP contribution in [0.25, 0.3) is 0 Å². The van der Waals surface area contributed by atoms with Gasteiger partial charge in [-0.15, -0.1) is 0 Å². The predicted octanol–water partition coefficient (Wildman–Crippen LogP) is 0.236. The molecule has 1 aromatic rings. The summed E-state index contributed by atoms with van der Waals surface area (Å²) in [6.45, 7) is 0.343. The molecule has 0 atom stereocenters. The molecule has 118 valence electrons. The van der Waals surface area contributed by atoms with Crippen molar-refractivity contribution >= 4 is 17.5 Å². The number of carbonyl (C=O) groups excluding carboxylic acids is 2. The van der Waals surface area contributed by atoms with E-state index < -0.39 is 31.1 Å². The fourth-order valence-corrected chi connectivity index (χ4v) is 1.49. The fraction of sp³-hybridized carbons (Fsp3) is 0.545. The van der Waals surface area contributed by atoms with Crippen LogP contribution in [0.2, 0.25) is 0 Å². The van der Waals surface area contributed by atoms with Crippen LogP contribution in [0.15, 0.2) is 6.20 Å². The van der Waals surface area contributed by atoms with Crippen molar-refractivity contribution in [2.75, 3.05) is 25.9 Å². The van der Waals surface area contributed by atoms with Gasteiger partial charge in [-0.25, -0.2) is 0 Å². The van der Waals surface area contributed by atoms with Crippen LogP contribution in [0.4, 0.5) is 18.9 Å². The molecule has 0 spiro atoms. The molecule has 0 radical (unpaired) electrons. The van der Waals surface area contributed by atoms with Gasteiger partial charge >= 0.3 is 6.18 Å². The molecule has 0 unspecified atom stereocenters. The normalized spacial score (nSPS) is 11.3. The van der Waals surface area contributed by atoms with E-state index in [0.29, 0.717) is 6.54 Å².